The highest BCUT2D eigenvalue weighted by Gasteiger charge is 2.28. The van der Waals surface area contributed by atoms with Gasteiger partial charge in [0, 0.05) is 18.5 Å². The van der Waals surface area contributed by atoms with E-state index in [2.05, 4.69) is 0 Å². The lowest BCUT2D eigenvalue weighted by Gasteiger charge is -2.30. The third-order valence-corrected chi connectivity index (χ3v) is 5.74. The number of thiophene rings is 1. The molecule has 1 saturated heterocycles. The summed E-state index contributed by atoms with van der Waals surface area (Å²) < 4.78 is 0. The summed E-state index contributed by atoms with van der Waals surface area (Å²) in [5, 5.41) is 12.0. The number of aliphatic carboxylic acids is 1. The zero-order valence-corrected chi connectivity index (χ0v) is 14.9. The standard InChI is InChI=1S/C20H18N2O3S/c23-19(22-9-7-13(8-10-22)20(24)25)15-12-17(18-6-3-11-26-18)21-16-5-2-1-4-14(15)16/h1-6,11-13H,7-10H2,(H,24,25). The Bertz CT molecular complexity index is 960. The Labute approximate surface area is 154 Å². The molecule has 3 aromatic rings. The monoisotopic (exact) mass is 366 g/mol. The van der Waals surface area contributed by atoms with Crippen molar-refractivity contribution in [3.05, 3.63) is 53.4 Å². The number of rotatable bonds is 3. The zero-order chi connectivity index (χ0) is 18.1. The number of hydrogen-bond acceptors (Lipinski definition) is 4. The number of fused-ring (bicyclic) bond motifs is 1. The zero-order valence-electron chi connectivity index (χ0n) is 14.1. The van der Waals surface area contributed by atoms with E-state index < -0.39 is 5.97 Å². The Hall–Kier alpha value is -2.73. The van der Waals surface area contributed by atoms with Gasteiger partial charge in [0.1, 0.15) is 0 Å². The second-order valence-electron chi connectivity index (χ2n) is 6.45. The molecule has 1 aromatic carbocycles. The van der Waals surface area contributed by atoms with E-state index in [9.17, 15) is 9.59 Å². The van der Waals surface area contributed by atoms with Crippen molar-refractivity contribution >= 4 is 34.1 Å². The number of carboxylic acid groups (broad SMARTS) is 1. The molecule has 6 heteroatoms. The Kier molecular flexibility index (Phi) is 4.42. The number of carbonyl (C=O) groups excluding carboxylic acids is 1. The molecule has 4 rings (SSSR count). The van der Waals surface area contributed by atoms with E-state index in [1.807, 2.05) is 47.8 Å². The Morgan fingerprint density at radius 3 is 2.58 bits per heavy atom. The maximum absolute atomic E-state index is 13.2. The third kappa shape index (κ3) is 3.08. The molecule has 0 bridgehead atoms. The number of benzene rings is 1. The van der Waals surface area contributed by atoms with Gasteiger partial charge in [-0.25, -0.2) is 4.98 Å². The van der Waals surface area contributed by atoms with Crippen LogP contribution in [0.4, 0.5) is 0 Å². The summed E-state index contributed by atoms with van der Waals surface area (Å²) >= 11 is 1.59. The van der Waals surface area contributed by atoms with Crippen molar-refractivity contribution in [1.82, 2.24) is 9.88 Å². The molecule has 1 fully saturated rings. The van der Waals surface area contributed by atoms with Crippen molar-refractivity contribution in [1.29, 1.82) is 0 Å². The summed E-state index contributed by atoms with van der Waals surface area (Å²) in [4.78, 5) is 31.8. The van der Waals surface area contributed by atoms with Gasteiger partial charge in [0.25, 0.3) is 5.91 Å². The topological polar surface area (TPSA) is 70.5 Å². The summed E-state index contributed by atoms with van der Waals surface area (Å²) in [6, 6.07) is 13.5. The summed E-state index contributed by atoms with van der Waals surface area (Å²) in [5.74, 6) is -1.17. The van der Waals surface area contributed by atoms with Crippen molar-refractivity contribution < 1.29 is 14.7 Å². The summed E-state index contributed by atoms with van der Waals surface area (Å²) in [6.45, 7) is 0.946. The lowest BCUT2D eigenvalue weighted by molar-refractivity contribution is -0.143. The van der Waals surface area contributed by atoms with Gasteiger partial charge in [0.15, 0.2) is 0 Å². The van der Waals surface area contributed by atoms with Crippen LogP contribution in [0, 0.1) is 5.92 Å². The Balaban J connectivity index is 1.71. The predicted molar refractivity (Wildman–Crippen MR) is 101 cm³/mol. The number of likely N-dealkylation sites (tertiary alicyclic amines) is 1. The molecule has 26 heavy (non-hydrogen) atoms. The quantitative estimate of drug-likeness (QED) is 0.763. The number of aromatic nitrogens is 1. The average molecular weight is 366 g/mol. The van der Waals surface area contributed by atoms with Gasteiger partial charge in [-0.05, 0) is 36.4 Å². The van der Waals surface area contributed by atoms with Crippen molar-refractivity contribution in [3.63, 3.8) is 0 Å². The van der Waals surface area contributed by atoms with Crippen LogP contribution < -0.4 is 0 Å². The minimum absolute atomic E-state index is 0.0507. The number of carbonyl (C=O) groups is 2. The van der Waals surface area contributed by atoms with Gasteiger partial charge < -0.3 is 10.0 Å². The van der Waals surface area contributed by atoms with Crippen molar-refractivity contribution in [2.75, 3.05) is 13.1 Å². The van der Waals surface area contributed by atoms with E-state index in [1.54, 1.807) is 16.2 Å². The molecule has 3 heterocycles. The molecule has 1 N–H and O–H groups in total. The van der Waals surface area contributed by atoms with E-state index in [0.29, 0.717) is 31.5 Å². The molecule has 1 aliphatic heterocycles. The normalized spacial score (nSPS) is 15.3. The second kappa shape index (κ2) is 6.88. The number of carboxylic acids is 1. The van der Waals surface area contributed by atoms with Crippen LogP contribution in [0.3, 0.4) is 0 Å². The van der Waals surface area contributed by atoms with Crippen LogP contribution in [0.1, 0.15) is 23.2 Å². The first-order chi connectivity index (χ1) is 12.6. The van der Waals surface area contributed by atoms with Crippen LogP contribution in [-0.2, 0) is 4.79 Å². The van der Waals surface area contributed by atoms with Crippen molar-refractivity contribution in [2.45, 2.75) is 12.8 Å². The third-order valence-electron chi connectivity index (χ3n) is 4.85. The highest BCUT2D eigenvalue weighted by atomic mass is 32.1. The highest BCUT2D eigenvalue weighted by Crippen LogP contribution is 2.29. The number of para-hydroxylation sites is 1. The summed E-state index contributed by atoms with van der Waals surface area (Å²) in [7, 11) is 0. The van der Waals surface area contributed by atoms with Crippen molar-refractivity contribution in [2.24, 2.45) is 5.92 Å². The molecule has 0 aliphatic carbocycles. The molecule has 0 unspecified atom stereocenters. The summed E-state index contributed by atoms with van der Waals surface area (Å²) in [6.07, 6.45) is 1.00. The smallest absolute Gasteiger partial charge is 0.306 e. The molecule has 2 aromatic heterocycles. The minimum Gasteiger partial charge on any atom is -0.481 e. The first-order valence-corrected chi connectivity index (χ1v) is 9.47. The van der Waals surface area contributed by atoms with Crippen LogP contribution in [0.15, 0.2) is 47.8 Å². The van der Waals surface area contributed by atoms with E-state index in [-0.39, 0.29) is 11.8 Å². The highest BCUT2D eigenvalue weighted by molar-refractivity contribution is 7.13. The number of piperidine rings is 1. The number of amides is 1. The fraction of sp³-hybridized carbons (Fsp3) is 0.250. The van der Waals surface area contributed by atoms with Gasteiger partial charge >= 0.3 is 5.97 Å². The molecule has 0 radical (unpaired) electrons. The molecular weight excluding hydrogens is 348 g/mol. The first kappa shape index (κ1) is 16.7. The number of nitrogens with zero attached hydrogens (tertiary/aromatic N) is 2. The lowest BCUT2D eigenvalue weighted by atomic mass is 9.96. The van der Waals surface area contributed by atoms with Gasteiger partial charge in [0.05, 0.1) is 27.6 Å². The van der Waals surface area contributed by atoms with Crippen LogP contribution >= 0.6 is 11.3 Å². The molecule has 132 valence electrons. The minimum atomic E-state index is -0.772. The maximum Gasteiger partial charge on any atom is 0.306 e. The molecule has 1 aliphatic rings. The first-order valence-electron chi connectivity index (χ1n) is 8.59. The van der Waals surface area contributed by atoms with Gasteiger partial charge in [-0.3, -0.25) is 9.59 Å². The van der Waals surface area contributed by atoms with Gasteiger partial charge in [-0.1, -0.05) is 24.3 Å². The van der Waals surface area contributed by atoms with E-state index >= 15 is 0 Å². The molecule has 0 atom stereocenters. The van der Waals surface area contributed by atoms with Crippen LogP contribution in [-0.4, -0.2) is 40.0 Å². The van der Waals surface area contributed by atoms with E-state index in [4.69, 9.17) is 10.1 Å². The van der Waals surface area contributed by atoms with Crippen LogP contribution in [0.2, 0.25) is 0 Å². The largest absolute Gasteiger partial charge is 0.481 e. The molecule has 0 spiro atoms. The van der Waals surface area contributed by atoms with E-state index in [1.165, 1.54) is 0 Å². The average Bonchev–Trinajstić information content (AvgIpc) is 3.21. The molecule has 0 saturated carbocycles. The predicted octanol–water partition coefficient (Wildman–Crippen LogP) is 3.90. The van der Waals surface area contributed by atoms with Gasteiger partial charge in [-0.2, -0.15) is 0 Å². The van der Waals surface area contributed by atoms with Crippen molar-refractivity contribution in [3.8, 4) is 10.6 Å². The van der Waals surface area contributed by atoms with Crippen LogP contribution in [0.25, 0.3) is 21.5 Å². The number of pyridine rings is 1. The lowest BCUT2D eigenvalue weighted by Crippen LogP contribution is -2.40. The maximum atomic E-state index is 13.2. The SMILES string of the molecule is O=C(O)C1CCN(C(=O)c2cc(-c3cccs3)nc3ccccc23)CC1. The molecule has 5 nitrogen and oxygen atoms in total. The second-order valence-corrected chi connectivity index (χ2v) is 7.40. The van der Waals surface area contributed by atoms with Crippen LogP contribution in [0.5, 0.6) is 0 Å². The Morgan fingerprint density at radius 2 is 1.88 bits per heavy atom. The van der Waals surface area contributed by atoms with E-state index in [0.717, 1.165) is 21.5 Å². The molecular formula is C20H18N2O3S. The molecule has 1 amide bonds. The fourth-order valence-corrected chi connectivity index (χ4v) is 4.09. The van der Waals surface area contributed by atoms with Gasteiger partial charge in [0.2, 0.25) is 0 Å². The summed E-state index contributed by atoms with van der Waals surface area (Å²) in [5.41, 5.74) is 2.22. The van der Waals surface area contributed by atoms with Gasteiger partial charge in [-0.15, -0.1) is 11.3 Å². The number of hydrogen-bond donors (Lipinski definition) is 1. The Morgan fingerprint density at radius 1 is 1.12 bits per heavy atom. The fourth-order valence-electron chi connectivity index (χ4n) is 3.40.